The summed E-state index contributed by atoms with van der Waals surface area (Å²) in [4.78, 5) is 10.2. The van der Waals surface area contributed by atoms with Gasteiger partial charge in [0.25, 0.3) is 5.69 Å². The summed E-state index contributed by atoms with van der Waals surface area (Å²) in [6.45, 7) is 0.855. The number of hydrogen-bond acceptors (Lipinski definition) is 4. The van der Waals surface area contributed by atoms with Crippen molar-refractivity contribution in [2.75, 3.05) is 11.9 Å². The molecule has 100 valence electrons. The molecule has 2 rings (SSSR count). The van der Waals surface area contributed by atoms with Gasteiger partial charge in [-0.3, -0.25) is 10.1 Å². The van der Waals surface area contributed by atoms with Crippen LogP contribution >= 0.6 is 0 Å². The molecule has 0 spiro atoms. The zero-order valence-electron chi connectivity index (χ0n) is 10.8. The van der Waals surface area contributed by atoms with Crippen LogP contribution in [0.2, 0.25) is 0 Å². The van der Waals surface area contributed by atoms with Crippen molar-refractivity contribution in [2.45, 2.75) is 32.1 Å². The van der Waals surface area contributed by atoms with Gasteiger partial charge in [-0.2, -0.15) is 5.26 Å². The average molecular weight is 259 g/mol. The van der Waals surface area contributed by atoms with Gasteiger partial charge in [-0.15, -0.1) is 0 Å². The molecular formula is C14H17N3O2. The molecular weight excluding hydrogens is 242 g/mol. The van der Waals surface area contributed by atoms with Crippen molar-refractivity contribution < 1.29 is 4.92 Å². The quantitative estimate of drug-likeness (QED) is 0.648. The largest absolute Gasteiger partial charge is 0.385 e. The monoisotopic (exact) mass is 259 g/mol. The molecule has 0 atom stereocenters. The minimum atomic E-state index is -0.527. The van der Waals surface area contributed by atoms with Crippen molar-refractivity contribution in [3.63, 3.8) is 0 Å². The van der Waals surface area contributed by atoms with Gasteiger partial charge in [-0.1, -0.05) is 25.7 Å². The Hall–Kier alpha value is -2.09. The Balaban J connectivity index is 1.93. The highest BCUT2D eigenvalue weighted by Gasteiger charge is 2.15. The fourth-order valence-corrected chi connectivity index (χ4v) is 2.61. The van der Waals surface area contributed by atoms with Crippen LogP contribution in [0.25, 0.3) is 0 Å². The van der Waals surface area contributed by atoms with Crippen molar-refractivity contribution in [1.82, 2.24) is 0 Å². The number of anilines is 1. The van der Waals surface area contributed by atoms with E-state index in [-0.39, 0.29) is 11.3 Å². The maximum atomic E-state index is 10.7. The molecule has 0 aliphatic heterocycles. The molecule has 0 unspecified atom stereocenters. The summed E-state index contributed by atoms with van der Waals surface area (Å²) >= 11 is 0. The zero-order chi connectivity index (χ0) is 13.7. The van der Waals surface area contributed by atoms with E-state index in [4.69, 9.17) is 5.26 Å². The fraction of sp³-hybridized carbons (Fsp3) is 0.500. The van der Waals surface area contributed by atoms with Gasteiger partial charge in [0.15, 0.2) is 0 Å². The molecule has 1 aromatic rings. The third-order valence-corrected chi connectivity index (χ3v) is 3.67. The summed E-state index contributed by atoms with van der Waals surface area (Å²) in [7, 11) is 0. The highest BCUT2D eigenvalue weighted by molar-refractivity contribution is 5.58. The first-order valence-electron chi connectivity index (χ1n) is 6.63. The number of nitrogens with one attached hydrogen (secondary N) is 1. The second kappa shape index (κ2) is 6.19. The SMILES string of the molecule is N#Cc1cc(NCCC2CCCC2)ccc1[N+](=O)[O-]. The molecule has 0 bridgehead atoms. The molecule has 1 aromatic carbocycles. The minimum Gasteiger partial charge on any atom is -0.385 e. The van der Waals surface area contributed by atoms with Crippen LogP contribution in [0.4, 0.5) is 11.4 Å². The van der Waals surface area contributed by atoms with Crippen molar-refractivity contribution in [1.29, 1.82) is 5.26 Å². The van der Waals surface area contributed by atoms with E-state index >= 15 is 0 Å². The van der Waals surface area contributed by atoms with Crippen molar-refractivity contribution in [2.24, 2.45) is 5.92 Å². The fourth-order valence-electron chi connectivity index (χ4n) is 2.61. The van der Waals surface area contributed by atoms with Gasteiger partial charge in [-0.25, -0.2) is 0 Å². The highest BCUT2D eigenvalue weighted by atomic mass is 16.6. The van der Waals surface area contributed by atoms with E-state index in [0.717, 1.165) is 24.6 Å². The molecule has 1 fully saturated rings. The summed E-state index contributed by atoms with van der Waals surface area (Å²) in [5, 5.41) is 22.9. The van der Waals surface area contributed by atoms with E-state index in [1.165, 1.54) is 31.7 Å². The van der Waals surface area contributed by atoms with E-state index in [1.807, 2.05) is 6.07 Å². The standard InChI is InChI=1S/C14H17N3O2/c15-10-12-9-13(5-6-14(12)17(18)19)16-8-7-11-3-1-2-4-11/h5-6,9,11,16H,1-4,7-8H2. The summed E-state index contributed by atoms with van der Waals surface area (Å²) in [5.74, 6) is 0.806. The molecule has 5 nitrogen and oxygen atoms in total. The van der Waals surface area contributed by atoms with Crippen LogP contribution in [0.1, 0.15) is 37.7 Å². The van der Waals surface area contributed by atoms with Gasteiger partial charge in [0.1, 0.15) is 11.6 Å². The average Bonchev–Trinajstić information content (AvgIpc) is 2.91. The number of benzene rings is 1. The molecule has 1 aliphatic carbocycles. The van der Waals surface area contributed by atoms with Crippen LogP contribution in [0.15, 0.2) is 18.2 Å². The molecule has 0 aromatic heterocycles. The smallest absolute Gasteiger partial charge is 0.287 e. The number of rotatable bonds is 5. The number of hydrogen-bond donors (Lipinski definition) is 1. The van der Waals surface area contributed by atoms with Crippen LogP contribution in [0, 0.1) is 27.4 Å². The first kappa shape index (κ1) is 13.3. The summed E-state index contributed by atoms with van der Waals surface area (Å²) in [6.07, 6.45) is 6.41. The Kier molecular flexibility index (Phi) is 4.35. The Morgan fingerprint density at radius 3 is 2.79 bits per heavy atom. The van der Waals surface area contributed by atoms with E-state index in [1.54, 1.807) is 12.1 Å². The number of nitro benzene ring substituents is 1. The van der Waals surface area contributed by atoms with E-state index < -0.39 is 4.92 Å². The lowest BCUT2D eigenvalue weighted by molar-refractivity contribution is -0.385. The Labute approximate surface area is 112 Å². The Morgan fingerprint density at radius 2 is 2.16 bits per heavy atom. The highest BCUT2D eigenvalue weighted by Crippen LogP contribution is 2.27. The first-order chi connectivity index (χ1) is 9.20. The van der Waals surface area contributed by atoms with Gasteiger partial charge in [0, 0.05) is 18.3 Å². The minimum absolute atomic E-state index is 0.107. The van der Waals surface area contributed by atoms with E-state index in [9.17, 15) is 10.1 Å². The summed E-state index contributed by atoms with van der Waals surface area (Å²) in [6, 6.07) is 6.46. The third kappa shape index (κ3) is 3.44. The predicted octanol–water partition coefficient (Wildman–Crippen LogP) is 3.46. The number of nitro groups is 1. The van der Waals surface area contributed by atoms with Gasteiger partial charge in [0.05, 0.1) is 4.92 Å². The lowest BCUT2D eigenvalue weighted by atomic mass is 10.0. The summed E-state index contributed by atoms with van der Waals surface area (Å²) in [5.41, 5.74) is 0.750. The second-order valence-corrected chi connectivity index (χ2v) is 4.97. The Morgan fingerprint density at radius 1 is 1.42 bits per heavy atom. The molecule has 1 saturated carbocycles. The van der Waals surface area contributed by atoms with E-state index in [2.05, 4.69) is 5.32 Å². The lowest BCUT2D eigenvalue weighted by Gasteiger charge is -2.10. The van der Waals surface area contributed by atoms with E-state index in [0.29, 0.717) is 0 Å². The summed E-state index contributed by atoms with van der Waals surface area (Å²) < 4.78 is 0. The molecule has 5 heteroatoms. The van der Waals surface area contributed by atoms with Gasteiger partial charge in [0.2, 0.25) is 0 Å². The van der Waals surface area contributed by atoms with Crippen LogP contribution in [-0.2, 0) is 0 Å². The van der Waals surface area contributed by atoms with Crippen molar-refractivity contribution in [3.05, 3.63) is 33.9 Å². The zero-order valence-corrected chi connectivity index (χ0v) is 10.8. The topological polar surface area (TPSA) is 79.0 Å². The molecule has 1 N–H and O–H groups in total. The molecule has 1 aliphatic rings. The number of nitrogens with zero attached hydrogens (tertiary/aromatic N) is 2. The first-order valence-corrected chi connectivity index (χ1v) is 6.63. The predicted molar refractivity (Wildman–Crippen MR) is 72.9 cm³/mol. The molecule has 0 saturated heterocycles. The molecule has 0 amide bonds. The maximum absolute atomic E-state index is 10.7. The molecule has 0 radical (unpaired) electrons. The van der Waals surface area contributed by atoms with Crippen molar-refractivity contribution >= 4 is 11.4 Å². The maximum Gasteiger partial charge on any atom is 0.287 e. The van der Waals surface area contributed by atoms with Gasteiger partial charge in [-0.05, 0) is 24.5 Å². The van der Waals surface area contributed by atoms with Gasteiger partial charge >= 0.3 is 0 Å². The second-order valence-electron chi connectivity index (χ2n) is 4.97. The molecule has 0 heterocycles. The van der Waals surface area contributed by atoms with Crippen LogP contribution in [-0.4, -0.2) is 11.5 Å². The van der Waals surface area contributed by atoms with Gasteiger partial charge < -0.3 is 5.32 Å². The number of nitriles is 1. The Bertz CT molecular complexity index is 502. The third-order valence-electron chi connectivity index (χ3n) is 3.67. The lowest BCUT2D eigenvalue weighted by Crippen LogP contribution is -2.07. The molecule has 19 heavy (non-hydrogen) atoms. The van der Waals surface area contributed by atoms with Crippen LogP contribution < -0.4 is 5.32 Å². The van der Waals surface area contributed by atoms with Crippen LogP contribution in [0.3, 0.4) is 0 Å². The normalized spacial score (nSPS) is 15.1. The van der Waals surface area contributed by atoms with Crippen molar-refractivity contribution in [3.8, 4) is 6.07 Å². The van der Waals surface area contributed by atoms with Crippen LogP contribution in [0.5, 0.6) is 0 Å².